The summed E-state index contributed by atoms with van der Waals surface area (Å²) >= 11 is 0. The molecular formula is C47H62N6O8. The number of methoxy groups -OCH3 is 2. The molecule has 0 aliphatic rings. The summed E-state index contributed by atoms with van der Waals surface area (Å²) < 4.78 is 10.5. The van der Waals surface area contributed by atoms with Crippen molar-refractivity contribution < 1.29 is 38.9 Å². The molecule has 4 aromatic rings. The first kappa shape index (κ1) is 47.6. The molecule has 0 spiro atoms. The molecule has 0 fully saturated rings. The first-order chi connectivity index (χ1) is 29.0. The fourth-order valence-corrected chi connectivity index (χ4v) is 6.77. The quantitative estimate of drug-likeness (QED) is 0.0562. The lowest BCUT2D eigenvalue weighted by atomic mass is 9.85. The molecule has 9 N–H and O–H groups in total. The summed E-state index contributed by atoms with van der Waals surface area (Å²) in [5, 5.41) is 37.5. The van der Waals surface area contributed by atoms with Gasteiger partial charge in [0.1, 0.15) is 35.4 Å². The Balaban J connectivity index is 1.61. The summed E-state index contributed by atoms with van der Waals surface area (Å²) in [6, 6.07) is 24.0. The second kappa shape index (κ2) is 22.5. The van der Waals surface area contributed by atoms with Crippen molar-refractivity contribution >= 4 is 29.3 Å². The second-order valence-corrected chi connectivity index (χ2v) is 16.6. The number of hydrogen-bond acceptors (Lipinski definition) is 10. The first-order valence-corrected chi connectivity index (χ1v) is 20.5. The van der Waals surface area contributed by atoms with Gasteiger partial charge in [0.15, 0.2) is 0 Å². The van der Waals surface area contributed by atoms with E-state index in [1.54, 1.807) is 57.4 Å². The van der Waals surface area contributed by atoms with Crippen molar-refractivity contribution in [1.29, 1.82) is 0 Å². The summed E-state index contributed by atoms with van der Waals surface area (Å²) in [6.45, 7) is 9.16. The van der Waals surface area contributed by atoms with Crippen molar-refractivity contribution in [2.75, 3.05) is 20.0 Å². The molecule has 0 unspecified atom stereocenters. The van der Waals surface area contributed by atoms with Crippen LogP contribution in [0.15, 0.2) is 97.1 Å². The van der Waals surface area contributed by atoms with E-state index in [1.807, 2.05) is 75.4 Å². The van der Waals surface area contributed by atoms with Gasteiger partial charge >= 0.3 is 0 Å². The van der Waals surface area contributed by atoms with Gasteiger partial charge in [-0.15, -0.1) is 0 Å². The van der Waals surface area contributed by atoms with E-state index in [9.17, 15) is 29.4 Å². The molecule has 4 amide bonds. The number of aromatic hydroxyl groups is 1. The SMILES string of the molecule is COc1ccc(CN[C@@H](C(=O)N[C@H](C(=O)NCc2ccc(OC)cc2O)C(C)C)[C@@H](O)[C@H](Cc2ccccc2)NC(=O)[C@@H](NC(=O)CCc2cccc(N)c2)C(C)(C)C)cc1. The van der Waals surface area contributed by atoms with Crippen LogP contribution in [0.2, 0.25) is 0 Å². The van der Waals surface area contributed by atoms with E-state index in [4.69, 9.17) is 15.2 Å². The number of carbonyl (C=O) groups is 4. The number of aliphatic hydroxyl groups excluding tert-OH is 1. The highest BCUT2D eigenvalue weighted by Crippen LogP contribution is 2.24. The molecule has 0 bridgehead atoms. The number of nitrogen functional groups attached to an aromatic ring is 1. The van der Waals surface area contributed by atoms with E-state index in [0.717, 1.165) is 16.7 Å². The number of phenolic OH excluding ortho intramolecular Hbond substituents is 1. The number of nitrogens with one attached hydrogen (secondary N) is 5. The van der Waals surface area contributed by atoms with E-state index >= 15 is 0 Å². The fourth-order valence-electron chi connectivity index (χ4n) is 6.77. The second-order valence-electron chi connectivity index (χ2n) is 16.6. The number of ether oxygens (including phenoxy) is 2. The smallest absolute Gasteiger partial charge is 0.243 e. The number of carbonyl (C=O) groups excluding carboxylic acids is 4. The zero-order chi connectivity index (χ0) is 44.7. The highest BCUT2D eigenvalue weighted by atomic mass is 16.5. The molecule has 0 heterocycles. The highest BCUT2D eigenvalue weighted by Gasteiger charge is 2.39. The Morgan fingerprint density at radius 1 is 0.705 bits per heavy atom. The van der Waals surface area contributed by atoms with Crippen LogP contribution in [-0.4, -0.2) is 78.3 Å². The minimum absolute atomic E-state index is 0.0208. The average Bonchev–Trinajstić information content (AvgIpc) is 3.23. The summed E-state index contributed by atoms with van der Waals surface area (Å²) in [4.78, 5) is 55.8. The van der Waals surface area contributed by atoms with Crippen molar-refractivity contribution in [3.8, 4) is 17.2 Å². The molecule has 0 aromatic heterocycles. The van der Waals surface area contributed by atoms with Gasteiger partial charge in [-0.2, -0.15) is 0 Å². The lowest BCUT2D eigenvalue weighted by molar-refractivity contribution is -0.135. The monoisotopic (exact) mass is 838 g/mol. The van der Waals surface area contributed by atoms with Gasteiger partial charge in [-0.25, -0.2) is 0 Å². The number of benzene rings is 4. The fraction of sp³-hybridized carbons (Fsp3) is 0.404. The van der Waals surface area contributed by atoms with Crippen LogP contribution in [-0.2, 0) is 45.1 Å². The predicted molar refractivity (Wildman–Crippen MR) is 236 cm³/mol. The molecular weight excluding hydrogens is 777 g/mol. The van der Waals surface area contributed by atoms with E-state index < -0.39 is 53.4 Å². The van der Waals surface area contributed by atoms with Gasteiger partial charge in [0, 0.05) is 36.8 Å². The highest BCUT2D eigenvalue weighted by molar-refractivity contribution is 5.91. The maximum absolute atomic E-state index is 14.5. The predicted octanol–water partition coefficient (Wildman–Crippen LogP) is 4.16. The molecule has 5 atom stereocenters. The largest absolute Gasteiger partial charge is 0.507 e. The van der Waals surface area contributed by atoms with Crippen molar-refractivity contribution in [3.05, 3.63) is 119 Å². The van der Waals surface area contributed by atoms with E-state index in [0.29, 0.717) is 29.2 Å². The molecule has 0 saturated heterocycles. The first-order valence-electron chi connectivity index (χ1n) is 20.5. The minimum atomic E-state index is -1.55. The van der Waals surface area contributed by atoms with Crippen LogP contribution in [0.5, 0.6) is 17.2 Å². The average molecular weight is 839 g/mol. The molecule has 0 aliphatic heterocycles. The molecule has 61 heavy (non-hydrogen) atoms. The number of hydrogen-bond donors (Lipinski definition) is 8. The molecule has 328 valence electrons. The van der Waals surface area contributed by atoms with E-state index in [1.165, 1.54) is 13.2 Å². The third kappa shape index (κ3) is 14.5. The number of anilines is 1. The van der Waals surface area contributed by atoms with Gasteiger partial charge in [-0.05, 0) is 77.3 Å². The van der Waals surface area contributed by atoms with Gasteiger partial charge in [0.25, 0.3) is 0 Å². The van der Waals surface area contributed by atoms with Crippen LogP contribution in [0.4, 0.5) is 5.69 Å². The third-order valence-electron chi connectivity index (χ3n) is 10.4. The third-order valence-corrected chi connectivity index (χ3v) is 10.4. The Morgan fingerprint density at radius 2 is 1.36 bits per heavy atom. The minimum Gasteiger partial charge on any atom is -0.507 e. The lowest BCUT2D eigenvalue weighted by Crippen LogP contribution is -2.63. The maximum atomic E-state index is 14.5. The number of amides is 4. The number of phenols is 1. The maximum Gasteiger partial charge on any atom is 0.243 e. The number of nitrogens with two attached hydrogens (primary N) is 1. The molecule has 0 aliphatic carbocycles. The summed E-state index contributed by atoms with van der Waals surface area (Å²) in [5.41, 5.74) is 8.66. The lowest BCUT2D eigenvalue weighted by Gasteiger charge is -2.35. The van der Waals surface area contributed by atoms with Crippen molar-refractivity contribution in [2.45, 2.75) is 97.2 Å². The van der Waals surface area contributed by atoms with Crippen LogP contribution in [0, 0.1) is 11.3 Å². The Kier molecular flexibility index (Phi) is 17.5. The number of aryl methyl sites for hydroxylation is 1. The molecule has 14 nitrogen and oxygen atoms in total. The molecule has 14 heteroatoms. The summed E-state index contributed by atoms with van der Waals surface area (Å²) in [7, 11) is 3.04. The Bertz CT molecular complexity index is 2050. The van der Waals surface area contributed by atoms with Crippen LogP contribution in [0.1, 0.15) is 63.3 Å². The number of aliphatic hydroxyl groups is 1. The Morgan fingerprint density at radius 3 is 1.97 bits per heavy atom. The topological polar surface area (TPSA) is 213 Å². The molecule has 0 radical (unpaired) electrons. The van der Waals surface area contributed by atoms with Gasteiger partial charge < -0.3 is 46.7 Å². The Hall–Kier alpha value is -6.12. The van der Waals surface area contributed by atoms with E-state index in [2.05, 4.69) is 26.6 Å². The zero-order valence-corrected chi connectivity index (χ0v) is 36.2. The van der Waals surface area contributed by atoms with E-state index in [-0.39, 0.29) is 43.5 Å². The Labute approximate surface area is 359 Å². The molecule has 0 saturated carbocycles. The van der Waals surface area contributed by atoms with Gasteiger partial charge in [-0.1, -0.05) is 89.2 Å². The van der Waals surface area contributed by atoms with Crippen molar-refractivity contribution in [3.63, 3.8) is 0 Å². The standard InChI is InChI=1S/C47H62N6O8/c1-29(2)40(44(57)50-28-33-19-22-36(61-7)26-38(33)54)53-45(58)41(49-27-32-16-20-35(60-6)21-17-32)42(56)37(25-30-12-9-8-10-13-30)51-46(59)43(47(3,4)5)52-39(55)23-18-31-14-11-15-34(48)24-31/h8-17,19-22,24,26,29,37,40-43,49,54,56H,18,23,25,27-28,48H2,1-7H3,(H,50,57)(H,51,59)(H,52,55)(H,53,58)/t37-,40-,41+,42-,43+/m0/s1. The molecule has 4 aromatic carbocycles. The van der Waals surface area contributed by atoms with Crippen LogP contribution < -0.4 is 41.8 Å². The van der Waals surface area contributed by atoms with Crippen LogP contribution in [0.25, 0.3) is 0 Å². The summed E-state index contributed by atoms with van der Waals surface area (Å²) in [6.07, 6.45) is -0.889. The number of rotatable bonds is 21. The van der Waals surface area contributed by atoms with Crippen molar-refractivity contribution in [1.82, 2.24) is 26.6 Å². The van der Waals surface area contributed by atoms with Gasteiger partial charge in [0.2, 0.25) is 23.6 Å². The van der Waals surface area contributed by atoms with Gasteiger partial charge in [-0.3, -0.25) is 24.5 Å². The molecule has 4 rings (SSSR count). The van der Waals surface area contributed by atoms with Crippen molar-refractivity contribution in [2.24, 2.45) is 11.3 Å². The van der Waals surface area contributed by atoms with Gasteiger partial charge in [0.05, 0.1) is 26.4 Å². The zero-order valence-electron chi connectivity index (χ0n) is 36.2. The van der Waals surface area contributed by atoms with Crippen LogP contribution >= 0.6 is 0 Å². The van der Waals surface area contributed by atoms with Crippen LogP contribution in [0.3, 0.4) is 0 Å². The normalized spacial score (nSPS) is 13.9. The summed E-state index contributed by atoms with van der Waals surface area (Å²) in [5.74, 6) is -1.42.